The van der Waals surface area contributed by atoms with Crippen LogP contribution in [0.1, 0.15) is 45.5 Å². The molecule has 4 amide bonds. The van der Waals surface area contributed by atoms with Gasteiger partial charge in [0.1, 0.15) is 17.0 Å². The van der Waals surface area contributed by atoms with Gasteiger partial charge in [-0.25, -0.2) is 8.78 Å². The number of fused-ring (bicyclic) bond motifs is 1. The van der Waals surface area contributed by atoms with E-state index < -0.39 is 34.8 Å². The second-order valence-corrected chi connectivity index (χ2v) is 11.5. The summed E-state index contributed by atoms with van der Waals surface area (Å²) in [5.74, 6) is -2.94. The standard InChI is InChI=1S/C33H33F2N5O5/c34-20-2-4-21(5-3-20)38-31(43)33(10-11-33)32(44)39-22-6-7-24(27(35)18-22)23-8-9-25(28-26(23)19-37-30(28)42)29(41)36-12-1-13-40-14-16-45-17-15-40/h2-9,18H,1,10-17,19H2,(H,36,41)(H,37,42)(H,38,43)(H,39,44). The Morgan fingerprint density at radius 3 is 2.24 bits per heavy atom. The number of hydrogen-bond acceptors (Lipinski definition) is 6. The number of carbonyl (C=O) groups excluding carboxylic acids is 4. The minimum atomic E-state index is -1.30. The Morgan fingerprint density at radius 2 is 1.56 bits per heavy atom. The van der Waals surface area contributed by atoms with Gasteiger partial charge >= 0.3 is 0 Å². The lowest BCUT2D eigenvalue weighted by atomic mass is 9.92. The first-order valence-electron chi connectivity index (χ1n) is 15.0. The van der Waals surface area contributed by atoms with E-state index in [1.807, 2.05) is 0 Å². The molecular formula is C33H33F2N5O5. The summed E-state index contributed by atoms with van der Waals surface area (Å²) in [4.78, 5) is 54.0. The Labute approximate surface area is 258 Å². The molecule has 3 aromatic carbocycles. The highest BCUT2D eigenvalue weighted by Crippen LogP contribution is 2.47. The van der Waals surface area contributed by atoms with Crippen molar-refractivity contribution in [1.82, 2.24) is 15.5 Å². The molecule has 0 spiro atoms. The average Bonchev–Trinajstić information content (AvgIpc) is 3.77. The first kappa shape index (κ1) is 30.4. The molecule has 234 valence electrons. The number of benzene rings is 3. The molecule has 1 saturated heterocycles. The predicted octanol–water partition coefficient (Wildman–Crippen LogP) is 3.68. The third-order valence-corrected chi connectivity index (χ3v) is 8.49. The number of nitrogens with one attached hydrogen (secondary N) is 4. The van der Waals surface area contributed by atoms with Crippen LogP contribution in [0.5, 0.6) is 0 Å². The lowest BCUT2D eigenvalue weighted by Gasteiger charge is -2.26. The average molecular weight is 618 g/mol. The molecule has 0 bridgehead atoms. The zero-order valence-electron chi connectivity index (χ0n) is 24.5. The van der Waals surface area contributed by atoms with Crippen LogP contribution in [0.3, 0.4) is 0 Å². The smallest absolute Gasteiger partial charge is 0.252 e. The van der Waals surface area contributed by atoms with E-state index >= 15 is 4.39 Å². The summed E-state index contributed by atoms with van der Waals surface area (Å²) in [6, 6.07) is 12.6. The highest BCUT2D eigenvalue weighted by atomic mass is 19.1. The van der Waals surface area contributed by atoms with Gasteiger partial charge < -0.3 is 26.0 Å². The topological polar surface area (TPSA) is 129 Å². The van der Waals surface area contributed by atoms with Crippen molar-refractivity contribution < 1.29 is 32.7 Å². The molecule has 0 unspecified atom stereocenters. The number of rotatable bonds is 10. The fraction of sp³-hybridized carbons (Fsp3) is 0.333. The van der Waals surface area contributed by atoms with Gasteiger partial charge in [-0.3, -0.25) is 24.1 Å². The normalized spacial score (nSPS) is 16.8. The Balaban J connectivity index is 1.12. The molecule has 0 radical (unpaired) electrons. The van der Waals surface area contributed by atoms with E-state index in [1.54, 1.807) is 6.07 Å². The predicted molar refractivity (Wildman–Crippen MR) is 163 cm³/mol. The Kier molecular flexibility index (Phi) is 8.59. The fourth-order valence-electron chi connectivity index (χ4n) is 5.74. The molecule has 45 heavy (non-hydrogen) atoms. The van der Waals surface area contributed by atoms with E-state index in [-0.39, 0.29) is 34.8 Å². The molecule has 2 fully saturated rings. The van der Waals surface area contributed by atoms with Crippen LogP contribution >= 0.6 is 0 Å². The lowest BCUT2D eigenvalue weighted by molar-refractivity contribution is -0.131. The molecule has 3 aliphatic rings. The van der Waals surface area contributed by atoms with E-state index in [1.165, 1.54) is 42.5 Å². The van der Waals surface area contributed by atoms with Crippen molar-refractivity contribution in [1.29, 1.82) is 0 Å². The third-order valence-electron chi connectivity index (χ3n) is 8.49. The van der Waals surface area contributed by atoms with Crippen molar-refractivity contribution in [3.8, 4) is 11.1 Å². The van der Waals surface area contributed by atoms with Crippen molar-refractivity contribution in [3.05, 3.63) is 82.9 Å². The molecule has 1 aliphatic carbocycles. The zero-order chi connectivity index (χ0) is 31.6. The van der Waals surface area contributed by atoms with Crippen molar-refractivity contribution >= 4 is 35.0 Å². The van der Waals surface area contributed by atoms with Crippen LogP contribution in [0.15, 0.2) is 54.6 Å². The van der Waals surface area contributed by atoms with Crippen LogP contribution in [0.4, 0.5) is 20.2 Å². The van der Waals surface area contributed by atoms with Gasteiger partial charge in [0, 0.05) is 43.1 Å². The maximum atomic E-state index is 15.5. The van der Waals surface area contributed by atoms with Gasteiger partial charge in [0.2, 0.25) is 11.8 Å². The second-order valence-electron chi connectivity index (χ2n) is 11.5. The van der Waals surface area contributed by atoms with E-state index in [2.05, 4.69) is 26.2 Å². The number of halogens is 2. The Morgan fingerprint density at radius 1 is 0.889 bits per heavy atom. The van der Waals surface area contributed by atoms with Gasteiger partial charge in [-0.1, -0.05) is 6.07 Å². The van der Waals surface area contributed by atoms with Gasteiger partial charge in [-0.15, -0.1) is 0 Å². The van der Waals surface area contributed by atoms with Crippen LogP contribution in [0, 0.1) is 17.0 Å². The van der Waals surface area contributed by atoms with E-state index in [0.29, 0.717) is 49.4 Å². The first-order chi connectivity index (χ1) is 21.7. The molecule has 0 atom stereocenters. The summed E-state index contributed by atoms with van der Waals surface area (Å²) in [5.41, 5.74) is 0.866. The lowest BCUT2D eigenvalue weighted by Crippen LogP contribution is -2.38. The van der Waals surface area contributed by atoms with Gasteiger partial charge in [0.15, 0.2) is 0 Å². The van der Waals surface area contributed by atoms with Crippen molar-refractivity contribution in [2.24, 2.45) is 5.41 Å². The number of amides is 4. The summed E-state index contributed by atoms with van der Waals surface area (Å²) < 4.78 is 34.1. The number of carbonyl (C=O) groups is 4. The summed E-state index contributed by atoms with van der Waals surface area (Å²) in [6.07, 6.45) is 1.41. The van der Waals surface area contributed by atoms with Crippen LogP contribution in [0.25, 0.3) is 11.1 Å². The molecular weight excluding hydrogens is 584 g/mol. The summed E-state index contributed by atoms with van der Waals surface area (Å²) >= 11 is 0. The summed E-state index contributed by atoms with van der Waals surface area (Å²) in [6.45, 7) is 4.57. The number of ether oxygens (including phenoxy) is 1. The highest BCUT2D eigenvalue weighted by molar-refractivity contribution is 6.17. The zero-order valence-corrected chi connectivity index (χ0v) is 24.5. The minimum Gasteiger partial charge on any atom is -0.379 e. The summed E-state index contributed by atoms with van der Waals surface area (Å²) in [7, 11) is 0. The molecule has 10 nitrogen and oxygen atoms in total. The first-order valence-corrected chi connectivity index (χ1v) is 15.0. The van der Waals surface area contributed by atoms with Gasteiger partial charge in [-0.05, 0) is 85.5 Å². The number of anilines is 2. The van der Waals surface area contributed by atoms with Crippen LogP contribution in [-0.2, 0) is 20.9 Å². The number of nitrogens with zero attached hydrogens (tertiary/aromatic N) is 1. The van der Waals surface area contributed by atoms with Gasteiger partial charge in [0.05, 0.1) is 24.3 Å². The molecule has 0 aromatic heterocycles. The fourth-order valence-corrected chi connectivity index (χ4v) is 5.74. The monoisotopic (exact) mass is 617 g/mol. The van der Waals surface area contributed by atoms with Crippen molar-refractivity contribution in [2.75, 3.05) is 50.0 Å². The molecule has 12 heteroatoms. The van der Waals surface area contributed by atoms with Crippen LogP contribution in [0.2, 0.25) is 0 Å². The molecule has 2 aliphatic heterocycles. The molecule has 2 heterocycles. The third kappa shape index (κ3) is 6.43. The molecule has 6 rings (SSSR count). The molecule has 4 N–H and O–H groups in total. The number of hydrogen-bond donors (Lipinski definition) is 4. The van der Waals surface area contributed by atoms with Crippen molar-refractivity contribution in [2.45, 2.75) is 25.8 Å². The second kappa shape index (κ2) is 12.7. The van der Waals surface area contributed by atoms with E-state index in [0.717, 1.165) is 32.1 Å². The quantitative estimate of drug-likeness (QED) is 0.203. The maximum Gasteiger partial charge on any atom is 0.252 e. The molecule has 1 saturated carbocycles. The summed E-state index contributed by atoms with van der Waals surface area (Å²) in [5, 5.41) is 10.9. The minimum absolute atomic E-state index is 0.144. The van der Waals surface area contributed by atoms with E-state index in [4.69, 9.17) is 4.74 Å². The Hall–Kier alpha value is -4.68. The van der Waals surface area contributed by atoms with Gasteiger partial charge in [-0.2, -0.15) is 0 Å². The SMILES string of the molecule is O=C(NCCCN1CCOCC1)c1ccc(-c2ccc(NC(=O)C3(C(=O)Nc4ccc(F)cc4)CC3)cc2F)c2c1C(=O)NC2. The Bertz CT molecular complexity index is 1650. The van der Waals surface area contributed by atoms with Crippen LogP contribution in [-0.4, -0.2) is 67.9 Å². The molecule has 3 aromatic rings. The highest BCUT2D eigenvalue weighted by Gasteiger charge is 2.56. The maximum absolute atomic E-state index is 15.5. The largest absolute Gasteiger partial charge is 0.379 e. The van der Waals surface area contributed by atoms with Gasteiger partial charge in [0.25, 0.3) is 11.8 Å². The van der Waals surface area contributed by atoms with Crippen molar-refractivity contribution in [3.63, 3.8) is 0 Å². The van der Waals surface area contributed by atoms with E-state index in [9.17, 15) is 23.6 Å². The van der Waals surface area contributed by atoms with Crippen LogP contribution < -0.4 is 21.3 Å². The number of morpholine rings is 1.